The fourth-order valence-electron chi connectivity index (χ4n) is 3.64. The Labute approximate surface area is 188 Å². The minimum absolute atomic E-state index is 0.161. The SMILES string of the molecule is CCCCCCCCCCCCCCCc1cc(OCC(C)Oc2cc(C)on2)no1. The van der Waals surface area contributed by atoms with Crippen molar-refractivity contribution in [1.29, 1.82) is 0 Å². The lowest BCUT2D eigenvalue weighted by molar-refractivity contribution is 0.127. The summed E-state index contributed by atoms with van der Waals surface area (Å²) in [6, 6.07) is 3.63. The number of rotatable bonds is 19. The average molecular weight is 435 g/mol. The van der Waals surface area contributed by atoms with E-state index in [0.717, 1.165) is 24.4 Å². The minimum Gasteiger partial charge on any atom is -0.472 e. The zero-order valence-electron chi connectivity index (χ0n) is 19.9. The van der Waals surface area contributed by atoms with E-state index in [-0.39, 0.29) is 6.10 Å². The van der Waals surface area contributed by atoms with E-state index in [1.54, 1.807) is 6.07 Å². The molecule has 0 aliphatic heterocycles. The number of aryl methyl sites for hydroxylation is 2. The van der Waals surface area contributed by atoms with Crippen molar-refractivity contribution in [3.63, 3.8) is 0 Å². The molecule has 0 spiro atoms. The highest BCUT2D eigenvalue weighted by Crippen LogP contribution is 2.17. The average Bonchev–Trinajstić information content (AvgIpc) is 3.38. The quantitative estimate of drug-likeness (QED) is 0.214. The molecule has 0 aliphatic rings. The van der Waals surface area contributed by atoms with Crippen molar-refractivity contribution in [2.24, 2.45) is 0 Å². The van der Waals surface area contributed by atoms with E-state index in [1.165, 1.54) is 77.0 Å². The van der Waals surface area contributed by atoms with Gasteiger partial charge in [0.1, 0.15) is 24.2 Å². The highest BCUT2D eigenvalue weighted by atomic mass is 16.6. The normalized spacial score (nSPS) is 12.2. The molecule has 0 N–H and O–H groups in total. The van der Waals surface area contributed by atoms with Crippen molar-refractivity contribution in [2.75, 3.05) is 6.61 Å². The molecular formula is C25H42N2O4. The summed E-state index contributed by atoms with van der Waals surface area (Å²) < 4.78 is 21.7. The van der Waals surface area contributed by atoms with Gasteiger partial charge in [0, 0.05) is 18.6 Å². The molecular weight excluding hydrogens is 392 g/mol. The van der Waals surface area contributed by atoms with E-state index in [9.17, 15) is 0 Å². The highest BCUT2D eigenvalue weighted by molar-refractivity contribution is 5.12. The molecule has 2 rings (SSSR count). The van der Waals surface area contributed by atoms with Crippen LogP contribution in [0.15, 0.2) is 21.2 Å². The van der Waals surface area contributed by atoms with Crippen molar-refractivity contribution < 1.29 is 18.5 Å². The first-order chi connectivity index (χ1) is 15.2. The molecule has 0 aromatic carbocycles. The number of nitrogens with zero attached hydrogens (tertiary/aromatic N) is 2. The highest BCUT2D eigenvalue weighted by Gasteiger charge is 2.11. The largest absolute Gasteiger partial charge is 0.472 e. The van der Waals surface area contributed by atoms with Crippen LogP contribution in [0.3, 0.4) is 0 Å². The standard InChI is InChI=1S/C25H42N2O4/c1-4-5-6-7-8-9-10-11-12-13-14-15-16-17-23-19-24(26-31-23)28-20-22(3)29-25-18-21(2)30-27-25/h18-19,22H,4-17,20H2,1-3H3. The van der Waals surface area contributed by atoms with Gasteiger partial charge >= 0.3 is 0 Å². The number of unbranched alkanes of at least 4 members (excludes halogenated alkanes) is 12. The Hall–Kier alpha value is -1.98. The molecule has 0 amide bonds. The molecule has 176 valence electrons. The van der Waals surface area contributed by atoms with Crippen molar-refractivity contribution in [2.45, 2.75) is 117 Å². The van der Waals surface area contributed by atoms with Crippen LogP contribution in [-0.4, -0.2) is 23.0 Å². The molecule has 0 radical (unpaired) electrons. The first kappa shape index (κ1) is 25.3. The summed E-state index contributed by atoms with van der Waals surface area (Å²) in [5, 5.41) is 7.81. The second kappa shape index (κ2) is 15.8. The first-order valence-corrected chi connectivity index (χ1v) is 12.4. The van der Waals surface area contributed by atoms with Gasteiger partial charge in [0.25, 0.3) is 11.8 Å². The molecule has 0 bridgehead atoms. The molecule has 1 unspecified atom stereocenters. The predicted molar refractivity (Wildman–Crippen MR) is 123 cm³/mol. The van der Waals surface area contributed by atoms with Crippen LogP contribution in [0.4, 0.5) is 0 Å². The van der Waals surface area contributed by atoms with Crippen LogP contribution in [0, 0.1) is 6.92 Å². The maximum absolute atomic E-state index is 5.66. The molecule has 2 aromatic rings. The maximum atomic E-state index is 5.66. The smallest absolute Gasteiger partial charge is 0.254 e. The minimum atomic E-state index is -0.161. The molecule has 0 aliphatic carbocycles. The van der Waals surface area contributed by atoms with Crippen molar-refractivity contribution in [3.05, 3.63) is 23.7 Å². The second-order valence-corrected chi connectivity index (χ2v) is 8.64. The summed E-state index contributed by atoms with van der Waals surface area (Å²) in [7, 11) is 0. The van der Waals surface area contributed by atoms with Gasteiger partial charge in [-0.25, -0.2) is 0 Å². The predicted octanol–water partition coefficient (Wildman–Crippen LogP) is 7.45. The van der Waals surface area contributed by atoms with E-state index in [0.29, 0.717) is 18.4 Å². The van der Waals surface area contributed by atoms with Crippen LogP contribution in [0.25, 0.3) is 0 Å². The molecule has 31 heavy (non-hydrogen) atoms. The van der Waals surface area contributed by atoms with Gasteiger partial charge < -0.3 is 18.5 Å². The zero-order valence-corrected chi connectivity index (χ0v) is 19.9. The van der Waals surface area contributed by atoms with Crippen molar-refractivity contribution in [1.82, 2.24) is 10.3 Å². The Bertz CT molecular complexity index is 683. The van der Waals surface area contributed by atoms with Gasteiger partial charge in [0.2, 0.25) is 0 Å². The second-order valence-electron chi connectivity index (χ2n) is 8.64. The lowest BCUT2D eigenvalue weighted by atomic mass is 10.0. The van der Waals surface area contributed by atoms with E-state index < -0.39 is 0 Å². The van der Waals surface area contributed by atoms with Crippen LogP contribution in [0.5, 0.6) is 11.8 Å². The number of aromatic nitrogens is 2. The lowest BCUT2D eigenvalue weighted by Gasteiger charge is -2.11. The summed E-state index contributed by atoms with van der Waals surface area (Å²) >= 11 is 0. The molecule has 6 nitrogen and oxygen atoms in total. The third kappa shape index (κ3) is 11.8. The molecule has 0 saturated carbocycles. The molecule has 2 heterocycles. The van der Waals surface area contributed by atoms with Gasteiger partial charge in [-0.15, -0.1) is 0 Å². The van der Waals surface area contributed by atoms with E-state index in [4.69, 9.17) is 18.5 Å². The topological polar surface area (TPSA) is 70.5 Å². The first-order valence-electron chi connectivity index (χ1n) is 12.4. The van der Waals surface area contributed by atoms with Gasteiger partial charge in [-0.05, 0) is 30.6 Å². The van der Waals surface area contributed by atoms with E-state index >= 15 is 0 Å². The van der Waals surface area contributed by atoms with Crippen LogP contribution >= 0.6 is 0 Å². The van der Waals surface area contributed by atoms with Gasteiger partial charge in [-0.2, -0.15) is 0 Å². The summed E-state index contributed by atoms with van der Waals surface area (Å²) in [5.74, 6) is 2.59. The van der Waals surface area contributed by atoms with Gasteiger partial charge in [-0.1, -0.05) is 84.0 Å². The van der Waals surface area contributed by atoms with Crippen molar-refractivity contribution >= 4 is 0 Å². The zero-order chi connectivity index (χ0) is 22.2. The van der Waals surface area contributed by atoms with Gasteiger partial charge in [-0.3, -0.25) is 0 Å². The number of ether oxygens (including phenoxy) is 2. The van der Waals surface area contributed by atoms with Crippen LogP contribution < -0.4 is 9.47 Å². The van der Waals surface area contributed by atoms with E-state index in [1.807, 2.05) is 19.9 Å². The number of hydrogen-bond donors (Lipinski definition) is 0. The lowest BCUT2D eigenvalue weighted by Crippen LogP contribution is -2.21. The Morgan fingerprint density at radius 2 is 1.35 bits per heavy atom. The molecule has 0 fully saturated rings. The Morgan fingerprint density at radius 1 is 0.774 bits per heavy atom. The Balaban J connectivity index is 1.42. The van der Waals surface area contributed by atoms with Crippen molar-refractivity contribution in [3.8, 4) is 11.8 Å². The third-order valence-corrected chi connectivity index (χ3v) is 5.46. The summed E-state index contributed by atoms with van der Waals surface area (Å²) in [5.41, 5.74) is 0. The molecule has 0 saturated heterocycles. The van der Waals surface area contributed by atoms with Crippen LogP contribution in [-0.2, 0) is 6.42 Å². The Morgan fingerprint density at radius 3 is 1.94 bits per heavy atom. The summed E-state index contributed by atoms with van der Waals surface area (Å²) in [6.45, 7) is 6.39. The molecule has 6 heteroatoms. The summed E-state index contributed by atoms with van der Waals surface area (Å²) in [4.78, 5) is 0. The van der Waals surface area contributed by atoms with Crippen LogP contribution in [0.2, 0.25) is 0 Å². The van der Waals surface area contributed by atoms with E-state index in [2.05, 4.69) is 17.2 Å². The fraction of sp³-hybridized carbons (Fsp3) is 0.760. The summed E-state index contributed by atoms with van der Waals surface area (Å²) in [6.07, 6.45) is 18.4. The number of hydrogen-bond acceptors (Lipinski definition) is 6. The fourth-order valence-corrected chi connectivity index (χ4v) is 3.64. The molecule has 1 atom stereocenters. The Kier molecular flexibility index (Phi) is 12.9. The monoisotopic (exact) mass is 434 g/mol. The van der Waals surface area contributed by atoms with Gasteiger partial charge in [0.15, 0.2) is 0 Å². The molecule has 2 aromatic heterocycles. The third-order valence-electron chi connectivity index (χ3n) is 5.46. The van der Waals surface area contributed by atoms with Crippen LogP contribution in [0.1, 0.15) is 109 Å². The van der Waals surface area contributed by atoms with Gasteiger partial charge in [0.05, 0.1) is 0 Å². The maximum Gasteiger partial charge on any atom is 0.254 e.